The highest BCUT2D eigenvalue weighted by Crippen LogP contribution is 2.18. The monoisotopic (exact) mass is 263 g/mol. The minimum absolute atomic E-state index is 0.0529. The van der Waals surface area contributed by atoms with Crippen LogP contribution in [0.15, 0.2) is 30.3 Å². The number of methoxy groups -OCH3 is 1. The normalized spacial score (nSPS) is 12.8. The highest BCUT2D eigenvalue weighted by molar-refractivity contribution is 5.73. The van der Waals surface area contributed by atoms with Crippen molar-refractivity contribution in [3.05, 3.63) is 35.9 Å². The summed E-state index contributed by atoms with van der Waals surface area (Å²) >= 11 is 0. The lowest BCUT2D eigenvalue weighted by Crippen LogP contribution is -2.40. The number of rotatable bonds is 7. The van der Waals surface area contributed by atoms with Crippen molar-refractivity contribution in [2.24, 2.45) is 5.92 Å². The van der Waals surface area contributed by atoms with Gasteiger partial charge in [0.2, 0.25) is 0 Å². The Hall–Kier alpha value is -1.81. The Bertz CT molecular complexity index is 441. The molecule has 4 heteroatoms. The number of nitrogens with one attached hydrogen (secondary N) is 1. The van der Waals surface area contributed by atoms with Gasteiger partial charge in [0, 0.05) is 12.1 Å². The van der Waals surface area contributed by atoms with Crippen LogP contribution in [0.2, 0.25) is 0 Å². The molecule has 1 rings (SSSR count). The number of para-hydroxylation sites is 1. The van der Waals surface area contributed by atoms with E-state index in [9.17, 15) is 4.79 Å². The van der Waals surface area contributed by atoms with Crippen molar-refractivity contribution in [2.75, 3.05) is 13.7 Å². The quantitative estimate of drug-likeness (QED) is 0.793. The minimum atomic E-state index is -0.819. The minimum Gasteiger partial charge on any atom is -0.496 e. The summed E-state index contributed by atoms with van der Waals surface area (Å²) in [5.41, 5.74) is 0.975. The summed E-state index contributed by atoms with van der Waals surface area (Å²) in [6.07, 6.45) is 3.82. The molecule has 0 spiro atoms. The highest BCUT2D eigenvalue weighted by atomic mass is 16.5. The third-order valence-electron chi connectivity index (χ3n) is 2.82. The van der Waals surface area contributed by atoms with Crippen LogP contribution < -0.4 is 10.1 Å². The maximum absolute atomic E-state index is 11.0. The first-order valence-corrected chi connectivity index (χ1v) is 6.32. The molecule has 0 amide bonds. The van der Waals surface area contributed by atoms with Gasteiger partial charge in [-0.05, 0) is 12.0 Å². The predicted octanol–water partition coefficient (Wildman–Crippen LogP) is 2.41. The highest BCUT2D eigenvalue weighted by Gasteiger charge is 2.19. The molecule has 0 bridgehead atoms. The Morgan fingerprint density at radius 1 is 1.42 bits per heavy atom. The van der Waals surface area contributed by atoms with Gasteiger partial charge in [-0.3, -0.25) is 4.79 Å². The molecule has 4 nitrogen and oxygen atoms in total. The van der Waals surface area contributed by atoms with E-state index in [-0.39, 0.29) is 5.92 Å². The van der Waals surface area contributed by atoms with Crippen LogP contribution in [0.25, 0.3) is 6.08 Å². The van der Waals surface area contributed by atoms with Crippen LogP contribution in [0.3, 0.4) is 0 Å². The zero-order chi connectivity index (χ0) is 14.3. The summed E-state index contributed by atoms with van der Waals surface area (Å²) in [5, 5.41) is 12.0. The molecular formula is C15H21NO3. The molecule has 0 saturated heterocycles. The summed E-state index contributed by atoms with van der Waals surface area (Å²) in [6, 6.07) is 7.16. The first kappa shape index (κ1) is 15.2. The summed E-state index contributed by atoms with van der Waals surface area (Å²) in [5.74, 6) is 0.0373. The van der Waals surface area contributed by atoms with Crippen LogP contribution in [0, 0.1) is 5.92 Å². The number of hydrogen-bond donors (Lipinski definition) is 2. The van der Waals surface area contributed by atoms with E-state index < -0.39 is 12.0 Å². The summed E-state index contributed by atoms with van der Waals surface area (Å²) in [6.45, 7) is 4.28. The number of benzene rings is 1. The van der Waals surface area contributed by atoms with Crippen LogP contribution in [0.1, 0.15) is 19.4 Å². The van der Waals surface area contributed by atoms with E-state index in [1.807, 2.05) is 50.3 Å². The summed E-state index contributed by atoms with van der Waals surface area (Å²) < 4.78 is 5.23. The van der Waals surface area contributed by atoms with Crippen LogP contribution in [-0.2, 0) is 4.79 Å². The van der Waals surface area contributed by atoms with Crippen molar-refractivity contribution in [3.8, 4) is 5.75 Å². The number of carboxylic acids is 1. The molecule has 1 aromatic carbocycles. The third kappa shape index (κ3) is 4.75. The Kier molecular flexibility index (Phi) is 6.09. The first-order chi connectivity index (χ1) is 9.06. The molecule has 0 radical (unpaired) electrons. The summed E-state index contributed by atoms with van der Waals surface area (Å²) in [4.78, 5) is 11.0. The van der Waals surface area contributed by atoms with E-state index in [4.69, 9.17) is 9.84 Å². The fraction of sp³-hybridized carbons (Fsp3) is 0.400. The molecule has 0 saturated carbocycles. The van der Waals surface area contributed by atoms with Crippen molar-refractivity contribution in [1.82, 2.24) is 5.32 Å². The van der Waals surface area contributed by atoms with E-state index in [2.05, 4.69) is 5.32 Å². The Labute approximate surface area is 114 Å². The molecule has 0 aromatic heterocycles. The van der Waals surface area contributed by atoms with Crippen LogP contribution in [-0.4, -0.2) is 30.8 Å². The Balaban J connectivity index is 2.56. The van der Waals surface area contributed by atoms with Crippen molar-refractivity contribution in [1.29, 1.82) is 0 Å². The smallest absolute Gasteiger partial charge is 0.320 e. The molecule has 2 N–H and O–H groups in total. The van der Waals surface area contributed by atoms with E-state index in [1.54, 1.807) is 7.11 Å². The van der Waals surface area contributed by atoms with Gasteiger partial charge in [-0.2, -0.15) is 0 Å². The number of aliphatic carboxylic acids is 1. The maximum atomic E-state index is 11.0. The van der Waals surface area contributed by atoms with Gasteiger partial charge in [-0.15, -0.1) is 0 Å². The SMILES string of the molecule is COc1ccccc1/C=C/CN[C@H](C(=O)O)C(C)C. The molecule has 0 unspecified atom stereocenters. The van der Waals surface area contributed by atoms with E-state index in [1.165, 1.54) is 0 Å². The van der Waals surface area contributed by atoms with Gasteiger partial charge in [-0.1, -0.05) is 44.2 Å². The average Bonchev–Trinajstić information content (AvgIpc) is 2.38. The molecule has 1 atom stereocenters. The van der Waals surface area contributed by atoms with Crippen LogP contribution >= 0.6 is 0 Å². The largest absolute Gasteiger partial charge is 0.496 e. The number of ether oxygens (including phenoxy) is 1. The fourth-order valence-electron chi connectivity index (χ4n) is 1.79. The lowest BCUT2D eigenvalue weighted by atomic mass is 10.1. The van der Waals surface area contributed by atoms with Gasteiger partial charge in [0.15, 0.2) is 0 Å². The lowest BCUT2D eigenvalue weighted by molar-refractivity contribution is -0.140. The Morgan fingerprint density at radius 3 is 2.68 bits per heavy atom. The molecule has 104 valence electrons. The standard InChI is InChI=1S/C15H21NO3/c1-11(2)14(15(17)18)16-10-6-8-12-7-4-5-9-13(12)19-3/h4-9,11,14,16H,10H2,1-3H3,(H,17,18)/b8-6+/t14-/m0/s1. The van der Waals surface area contributed by atoms with Gasteiger partial charge in [0.1, 0.15) is 11.8 Å². The number of hydrogen-bond acceptors (Lipinski definition) is 3. The van der Waals surface area contributed by atoms with Crippen molar-refractivity contribution < 1.29 is 14.6 Å². The molecule has 19 heavy (non-hydrogen) atoms. The van der Waals surface area contributed by atoms with Crippen molar-refractivity contribution in [2.45, 2.75) is 19.9 Å². The second kappa shape index (κ2) is 7.59. The molecule has 0 aliphatic heterocycles. The molecular weight excluding hydrogens is 242 g/mol. The third-order valence-corrected chi connectivity index (χ3v) is 2.82. The van der Waals surface area contributed by atoms with Gasteiger partial charge in [0.25, 0.3) is 0 Å². The predicted molar refractivity (Wildman–Crippen MR) is 76.3 cm³/mol. The Morgan fingerprint density at radius 2 is 2.11 bits per heavy atom. The molecule has 1 aromatic rings. The average molecular weight is 263 g/mol. The van der Waals surface area contributed by atoms with E-state index in [0.717, 1.165) is 11.3 Å². The summed E-state index contributed by atoms with van der Waals surface area (Å²) in [7, 11) is 1.63. The fourth-order valence-corrected chi connectivity index (χ4v) is 1.79. The first-order valence-electron chi connectivity index (χ1n) is 6.32. The second-order valence-electron chi connectivity index (χ2n) is 4.61. The number of carboxylic acid groups (broad SMARTS) is 1. The molecule has 0 aliphatic rings. The van der Waals surface area contributed by atoms with Crippen molar-refractivity contribution >= 4 is 12.0 Å². The van der Waals surface area contributed by atoms with Gasteiger partial charge in [0.05, 0.1) is 7.11 Å². The van der Waals surface area contributed by atoms with Gasteiger partial charge >= 0.3 is 5.97 Å². The lowest BCUT2D eigenvalue weighted by Gasteiger charge is -2.16. The second-order valence-corrected chi connectivity index (χ2v) is 4.61. The van der Waals surface area contributed by atoms with E-state index in [0.29, 0.717) is 6.54 Å². The van der Waals surface area contributed by atoms with Crippen LogP contribution in [0.5, 0.6) is 5.75 Å². The maximum Gasteiger partial charge on any atom is 0.320 e. The topological polar surface area (TPSA) is 58.6 Å². The van der Waals surface area contributed by atoms with Gasteiger partial charge < -0.3 is 15.2 Å². The molecule has 0 heterocycles. The van der Waals surface area contributed by atoms with Gasteiger partial charge in [-0.25, -0.2) is 0 Å². The van der Waals surface area contributed by atoms with Crippen molar-refractivity contribution in [3.63, 3.8) is 0 Å². The number of carbonyl (C=O) groups is 1. The van der Waals surface area contributed by atoms with Crippen LogP contribution in [0.4, 0.5) is 0 Å². The zero-order valence-electron chi connectivity index (χ0n) is 11.6. The molecule has 0 aliphatic carbocycles. The molecule has 0 fully saturated rings. The van der Waals surface area contributed by atoms with E-state index >= 15 is 0 Å². The zero-order valence-corrected chi connectivity index (χ0v) is 11.6.